The number of thiophene rings is 1. The summed E-state index contributed by atoms with van der Waals surface area (Å²) in [6.45, 7) is 1.85. The molecule has 2 aromatic rings. The molecule has 0 unspecified atom stereocenters. The van der Waals surface area contributed by atoms with Crippen molar-refractivity contribution in [2.75, 3.05) is 5.73 Å². The van der Waals surface area contributed by atoms with Gasteiger partial charge in [-0.15, -0.1) is 11.3 Å². The molecule has 0 fully saturated rings. The smallest absolute Gasteiger partial charge is 0.423 e. The van der Waals surface area contributed by atoms with Crippen LogP contribution in [0.4, 0.5) is 5.69 Å². The Morgan fingerprint density at radius 2 is 2.07 bits per heavy atom. The van der Waals surface area contributed by atoms with E-state index in [2.05, 4.69) is 0 Å². The van der Waals surface area contributed by atoms with Gasteiger partial charge in [0.25, 0.3) is 0 Å². The summed E-state index contributed by atoms with van der Waals surface area (Å²) in [7, 11) is -1.41. The second-order valence-corrected chi connectivity index (χ2v) is 4.27. The third-order valence-corrected chi connectivity index (χ3v) is 3.55. The van der Waals surface area contributed by atoms with Gasteiger partial charge in [0.15, 0.2) is 0 Å². The normalized spacial score (nSPS) is 10.8. The lowest BCUT2D eigenvalue weighted by molar-refractivity contribution is 0.426. The maximum absolute atomic E-state index is 9.12. The molecule has 0 amide bonds. The van der Waals surface area contributed by atoms with E-state index in [1.807, 2.05) is 25.1 Å². The molecule has 5 heteroatoms. The van der Waals surface area contributed by atoms with Gasteiger partial charge in [0, 0.05) is 20.6 Å². The van der Waals surface area contributed by atoms with Crippen LogP contribution in [0.15, 0.2) is 18.2 Å². The van der Waals surface area contributed by atoms with Gasteiger partial charge in [-0.3, -0.25) is 0 Å². The Balaban J connectivity index is 2.81. The third kappa shape index (κ3) is 1.30. The van der Waals surface area contributed by atoms with Crippen LogP contribution in [-0.2, 0) is 0 Å². The minimum absolute atomic E-state index is 0.568. The van der Waals surface area contributed by atoms with Crippen molar-refractivity contribution in [2.24, 2.45) is 0 Å². The van der Waals surface area contributed by atoms with Crippen LogP contribution >= 0.6 is 11.3 Å². The fourth-order valence-corrected chi connectivity index (χ4v) is 2.72. The van der Waals surface area contributed by atoms with Crippen molar-refractivity contribution >= 4 is 39.0 Å². The van der Waals surface area contributed by atoms with Crippen molar-refractivity contribution in [3.63, 3.8) is 0 Å². The van der Waals surface area contributed by atoms with E-state index >= 15 is 0 Å². The van der Waals surface area contributed by atoms with Crippen LogP contribution < -0.4 is 10.5 Å². The van der Waals surface area contributed by atoms with Crippen molar-refractivity contribution in [3.05, 3.63) is 23.8 Å². The lowest BCUT2D eigenvalue weighted by atomic mass is 9.85. The fraction of sp³-hybridized carbons (Fsp3) is 0.111. The van der Waals surface area contributed by atoms with E-state index in [0.29, 0.717) is 10.5 Å². The van der Waals surface area contributed by atoms with Crippen LogP contribution in [0.3, 0.4) is 0 Å². The summed E-state index contributed by atoms with van der Waals surface area (Å²) >= 11 is 1.37. The van der Waals surface area contributed by atoms with E-state index in [9.17, 15) is 0 Å². The lowest BCUT2D eigenvalue weighted by Crippen LogP contribution is -2.28. The predicted molar refractivity (Wildman–Crippen MR) is 60.8 cm³/mol. The second-order valence-electron chi connectivity index (χ2n) is 3.19. The summed E-state index contributed by atoms with van der Waals surface area (Å²) in [5.74, 6) is 0. The molecule has 1 aromatic carbocycles. The molecule has 0 radical (unpaired) electrons. The monoisotopic (exact) mass is 207 g/mol. The predicted octanol–water partition coefficient (Wildman–Crippen LogP) is 0.472. The van der Waals surface area contributed by atoms with Gasteiger partial charge in [0.2, 0.25) is 0 Å². The van der Waals surface area contributed by atoms with Gasteiger partial charge < -0.3 is 15.8 Å². The summed E-state index contributed by atoms with van der Waals surface area (Å²) in [6.07, 6.45) is 0. The van der Waals surface area contributed by atoms with Gasteiger partial charge in [-0.05, 0) is 24.6 Å². The number of rotatable bonds is 1. The zero-order valence-corrected chi connectivity index (χ0v) is 8.51. The molecular formula is C9H10BNO2S. The summed E-state index contributed by atoms with van der Waals surface area (Å²) < 4.78 is 1.56. The zero-order chi connectivity index (χ0) is 10.3. The number of nitrogens with two attached hydrogens (primary N) is 1. The molecule has 0 saturated heterocycles. The van der Waals surface area contributed by atoms with Gasteiger partial charge in [0.05, 0.1) is 0 Å². The van der Waals surface area contributed by atoms with Crippen LogP contribution in [0.1, 0.15) is 5.56 Å². The average Bonchev–Trinajstić information content (AvgIpc) is 2.45. The highest BCUT2D eigenvalue weighted by Gasteiger charge is 2.19. The summed E-state index contributed by atoms with van der Waals surface area (Å²) in [6, 6.07) is 5.60. The van der Waals surface area contributed by atoms with Gasteiger partial charge in [-0.2, -0.15) is 0 Å². The SMILES string of the molecule is Cc1c(B(O)O)sc2cccc(N)c12. The van der Waals surface area contributed by atoms with Crippen LogP contribution in [0, 0.1) is 6.92 Å². The van der Waals surface area contributed by atoms with E-state index in [4.69, 9.17) is 15.8 Å². The molecular weight excluding hydrogens is 197 g/mol. The van der Waals surface area contributed by atoms with E-state index in [0.717, 1.165) is 15.6 Å². The molecule has 0 aliphatic carbocycles. The quantitative estimate of drug-likeness (QED) is 0.470. The number of aryl methyl sites for hydroxylation is 1. The van der Waals surface area contributed by atoms with Crippen LogP contribution in [0.2, 0.25) is 0 Å². The fourth-order valence-electron chi connectivity index (χ4n) is 1.60. The minimum atomic E-state index is -1.41. The van der Waals surface area contributed by atoms with Crippen molar-refractivity contribution in [2.45, 2.75) is 6.92 Å². The van der Waals surface area contributed by atoms with Gasteiger partial charge >= 0.3 is 7.12 Å². The largest absolute Gasteiger partial charge is 0.499 e. The Bertz CT molecular complexity index is 481. The van der Waals surface area contributed by atoms with Gasteiger partial charge in [-0.1, -0.05) is 6.07 Å². The Hall–Kier alpha value is -1.04. The molecule has 0 aliphatic heterocycles. The van der Waals surface area contributed by atoms with Gasteiger partial charge in [-0.25, -0.2) is 0 Å². The number of anilines is 1. The van der Waals surface area contributed by atoms with Crippen LogP contribution in [-0.4, -0.2) is 17.2 Å². The minimum Gasteiger partial charge on any atom is -0.423 e. The van der Waals surface area contributed by atoms with E-state index < -0.39 is 7.12 Å². The maximum atomic E-state index is 9.12. The molecule has 0 saturated carbocycles. The van der Waals surface area contributed by atoms with Crippen LogP contribution in [0.25, 0.3) is 10.1 Å². The first kappa shape index (κ1) is 9.52. The maximum Gasteiger partial charge on any atom is 0.499 e. The molecule has 0 spiro atoms. The number of hydrogen-bond donors (Lipinski definition) is 3. The van der Waals surface area contributed by atoms with Crippen molar-refractivity contribution in [1.82, 2.24) is 0 Å². The molecule has 0 aliphatic rings. The molecule has 0 atom stereocenters. The zero-order valence-electron chi connectivity index (χ0n) is 7.69. The Kier molecular flexibility index (Phi) is 2.22. The highest BCUT2D eigenvalue weighted by Crippen LogP contribution is 2.28. The number of nitrogen functional groups attached to an aromatic ring is 1. The first-order chi connectivity index (χ1) is 6.61. The first-order valence-corrected chi connectivity index (χ1v) is 5.06. The first-order valence-electron chi connectivity index (χ1n) is 4.25. The standard InChI is InChI=1S/C9H10BNO2S/c1-5-8-6(11)3-2-4-7(8)14-9(5)10(12)13/h2-4,12-13H,11H2,1H3. The molecule has 1 heterocycles. The summed E-state index contributed by atoms with van der Waals surface area (Å²) in [5.41, 5.74) is 7.36. The Morgan fingerprint density at radius 1 is 1.36 bits per heavy atom. The Labute approximate surface area is 85.9 Å². The van der Waals surface area contributed by atoms with Gasteiger partial charge in [0.1, 0.15) is 0 Å². The van der Waals surface area contributed by atoms with Crippen molar-refractivity contribution < 1.29 is 10.0 Å². The van der Waals surface area contributed by atoms with Crippen molar-refractivity contribution in [1.29, 1.82) is 0 Å². The van der Waals surface area contributed by atoms with E-state index in [1.165, 1.54) is 11.3 Å². The summed E-state index contributed by atoms with van der Waals surface area (Å²) in [5, 5.41) is 19.2. The lowest BCUT2D eigenvalue weighted by Gasteiger charge is -1.98. The molecule has 4 N–H and O–H groups in total. The molecule has 1 aromatic heterocycles. The highest BCUT2D eigenvalue weighted by molar-refractivity contribution is 7.28. The molecule has 2 rings (SSSR count). The number of hydrogen-bond acceptors (Lipinski definition) is 4. The second kappa shape index (κ2) is 3.27. The Morgan fingerprint density at radius 3 is 2.64 bits per heavy atom. The van der Waals surface area contributed by atoms with E-state index in [1.54, 1.807) is 0 Å². The highest BCUT2D eigenvalue weighted by atomic mass is 32.1. The topological polar surface area (TPSA) is 66.5 Å². The van der Waals surface area contributed by atoms with E-state index in [-0.39, 0.29) is 0 Å². The van der Waals surface area contributed by atoms with Crippen molar-refractivity contribution in [3.8, 4) is 0 Å². The summed E-state index contributed by atoms with van der Waals surface area (Å²) in [4.78, 5) is 0. The molecule has 72 valence electrons. The number of benzene rings is 1. The van der Waals surface area contributed by atoms with Crippen LogP contribution in [0.5, 0.6) is 0 Å². The third-order valence-electron chi connectivity index (χ3n) is 2.26. The molecule has 14 heavy (non-hydrogen) atoms. The molecule has 0 bridgehead atoms. The average molecular weight is 207 g/mol. The number of fused-ring (bicyclic) bond motifs is 1. The molecule has 3 nitrogen and oxygen atoms in total.